The standard InChI is InChI=1S/C8H21NO2Si/c1-6-10-12(5,11-7-2)8-9(3)4/h6-8H2,1-5H3. The topological polar surface area (TPSA) is 21.7 Å². The van der Waals surface area contributed by atoms with Gasteiger partial charge in [0.15, 0.2) is 0 Å². The summed E-state index contributed by atoms with van der Waals surface area (Å²) < 4.78 is 11.3. The van der Waals surface area contributed by atoms with E-state index in [1.165, 1.54) is 0 Å². The van der Waals surface area contributed by atoms with Crippen LogP contribution in [0.3, 0.4) is 0 Å². The summed E-state index contributed by atoms with van der Waals surface area (Å²) in [6.07, 6.45) is 0.925. The second-order valence-corrected chi connectivity index (χ2v) is 6.40. The Balaban J connectivity index is 3.98. The Bertz CT molecular complexity index is 114. The molecule has 0 aliphatic carbocycles. The number of hydrogen-bond donors (Lipinski definition) is 0. The van der Waals surface area contributed by atoms with Crippen LogP contribution in [-0.4, -0.2) is 46.9 Å². The third-order valence-corrected chi connectivity index (χ3v) is 4.51. The number of nitrogens with zero attached hydrogens (tertiary/aromatic N) is 1. The lowest BCUT2D eigenvalue weighted by Crippen LogP contribution is -2.48. The van der Waals surface area contributed by atoms with Gasteiger partial charge in [-0.1, -0.05) is 0 Å². The second-order valence-electron chi connectivity index (χ2n) is 3.24. The maximum Gasteiger partial charge on any atom is 0.349 e. The molecule has 0 aromatic rings. The van der Waals surface area contributed by atoms with Crippen molar-refractivity contribution in [2.24, 2.45) is 0 Å². The van der Waals surface area contributed by atoms with Crippen molar-refractivity contribution in [3.63, 3.8) is 0 Å². The van der Waals surface area contributed by atoms with E-state index < -0.39 is 8.56 Å². The molecule has 0 radical (unpaired) electrons. The summed E-state index contributed by atoms with van der Waals surface area (Å²) in [6.45, 7) is 7.63. The maximum atomic E-state index is 5.66. The van der Waals surface area contributed by atoms with Crippen LogP contribution in [0.2, 0.25) is 6.55 Å². The van der Waals surface area contributed by atoms with Gasteiger partial charge in [-0.2, -0.15) is 0 Å². The Kier molecular flexibility index (Phi) is 5.74. The summed E-state index contributed by atoms with van der Waals surface area (Å²) in [4.78, 5) is 2.12. The highest BCUT2D eigenvalue weighted by Gasteiger charge is 2.31. The molecule has 0 amide bonds. The fourth-order valence-electron chi connectivity index (χ4n) is 1.32. The molecule has 0 N–H and O–H groups in total. The molecule has 0 aromatic carbocycles. The van der Waals surface area contributed by atoms with Gasteiger partial charge >= 0.3 is 8.56 Å². The molecule has 0 unspecified atom stereocenters. The van der Waals surface area contributed by atoms with Gasteiger partial charge < -0.3 is 13.8 Å². The largest absolute Gasteiger partial charge is 0.394 e. The molecule has 0 aliphatic heterocycles. The van der Waals surface area contributed by atoms with Crippen molar-refractivity contribution in [1.29, 1.82) is 0 Å². The number of rotatable bonds is 6. The van der Waals surface area contributed by atoms with Crippen LogP contribution in [-0.2, 0) is 8.85 Å². The molecule has 0 saturated carbocycles. The van der Waals surface area contributed by atoms with E-state index >= 15 is 0 Å². The molecule has 4 heteroatoms. The van der Waals surface area contributed by atoms with Crippen LogP contribution in [0.15, 0.2) is 0 Å². The molecule has 74 valence electrons. The predicted molar refractivity (Wildman–Crippen MR) is 53.4 cm³/mol. The lowest BCUT2D eigenvalue weighted by Gasteiger charge is -2.28. The summed E-state index contributed by atoms with van der Waals surface area (Å²) in [7, 11) is 2.20. The van der Waals surface area contributed by atoms with Crippen molar-refractivity contribution in [3.05, 3.63) is 0 Å². The Morgan fingerprint density at radius 3 is 1.75 bits per heavy atom. The predicted octanol–water partition coefficient (Wildman–Crippen LogP) is 1.23. The van der Waals surface area contributed by atoms with Gasteiger partial charge in [-0.3, -0.25) is 0 Å². The SMILES string of the molecule is CCO[Si](C)(CN(C)C)OCC. The summed E-state index contributed by atoms with van der Waals surface area (Å²) in [5.74, 6) is 0. The van der Waals surface area contributed by atoms with Crippen LogP contribution in [0.1, 0.15) is 13.8 Å². The monoisotopic (exact) mass is 191 g/mol. The van der Waals surface area contributed by atoms with Crippen molar-refractivity contribution in [3.8, 4) is 0 Å². The van der Waals surface area contributed by atoms with Gasteiger partial charge in [0.2, 0.25) is 0 Å². The van der Waals surface area contributed by atoms with Gasteiger partial charge in [0.05, 0.1) is 0 Å². The van der Waals surface area contributed by atoms with Crippen molar-refractivity contribution in [2.45, 2.75) is 20.4 Å². The molecule has 12 heavy (non-hydrogen) atoms. The van der Waals surface area contributed by atoms with Crippen molar-refractivity contribution >= 4 is 8.56 Å². The third-order valence-electron chi connectivity index (χ3n) is 1.50. The molecule has 3 nitrogen and oxygen atoms in total. The minimum Gasteiger partial charge on any atom is -0.394 e. The van der Waals surface area contributed by atoms with Crippen LogP contribution in [0.5, 0.6) is 0 Å². The van der Waals surface area contributed by atoms with Gasteiger partial charge in [0.25, 0.3) is 0 Å². The Morgan fingerprint density at radius 1 is 1.08 bits per heavy atom. The van der Waals surface area contributed by atoms with Gasteiger partial charge in [0.1, 0.15) is 0 Å². The van der Waals surface area contributed by atoms with Gasteiger partial charge in [0, 0.05) is 19.4 Å². The second kappa shape index (κ2) is 5.69. The first-order chi connectivity index (χ1) is 5.54. The number of hydrogen-bond acceptors (Lipinski definition) is 3. The molecule has 0 rings (SSSR count). The zero-order valence-electron chi connectivity index (χ0n) is 8.89. The normalized spacial score (nSPS) is 12.5. The van der Waals surface area contributed by atoms with Crippen molar-refractivity contribution in [2.75, 3.05) is 33.5 Å². The minimum atomic E-state index is -1.89. The average Bonchev–Trinajstić information content (AvgIpc) is 1.85. The van der Waals surface area contributed by atoms with Gasteiger partial charge in [-0.15, -0.1) is 0 Å². The first kappa shape index (κ1) is 12.1. The maximum absolute atomic E-state index is 5.66. The van der Waals surface area contributed by atoms with Crippen LogP contribution < -0.4 is 0 Å². The third kappa shape index (κ3) is 4.87. The first-order valence-electron chi connectivity index (χ1n) is 4.46. The fourth-order valence-corrected chi connectivity index (χ4v) is 3.95. The molecule has 0 aromatic heterocycles. The minimum absolute atomic E-state index is 0.747. The molecular weight excluding hydrogens is 170 g/mol. The van der Waals surface area contributed by atoms with Crippen molar-refractivity contribution < 1.29 is 8.85 Å². The van der Waals surface area contributed by atoms with E-state index in [0.717, 1.165) is 19.4 Å². The molecule has 0 bridgehead atoms. The summed E-state index contributed by atoms with van der Waals surface area (Å²) in [5, 5.41) is 0. The summed E-state index contributed by atoms with van der Waals surface area (Å²) in [5.41, 5.74) is 0. The molecular formula is C8H21NO2Si. The Labute approximate surface area is 76.9 Å². The molecule has 0 spiro atoms. The Morgan fingerprint density at radius 2 is 1.50 bits per heavy atom. The molecule has 0 atom stereocenters. The van der Waals surface area contributed by atoms with E-state index in [2.05, 4.69) is 11.4 Å². The highest BCUT2D eigenvalue weighted by atomic mass is 28.4. The lowest BCUT2D eigenvalue weighted by atomic mass is 10.9. The van der Waals surface area contributed by atoms with E-state index in [0.29, 0.717) is 0 Å². The van der Waals surface area contributed by atoms with Crippen molar-refractivity contribution in [1.82, 2.24) is 4.90 Å². The molecule has 0 aliphatic rings. The Hall–Kier alpha value is 0.0969. The smallest absolute Gasteiger partial charge is 0.349 e. The lowest BCUT2D eigenvalue weighted by molar-refractivity contribution is 0.176. The average molecular weight is 191 g/mol. The van der Waals surface area contributed by atoms with E-state index in [1.807, 2.05) is 27.9 Å². The first-order valence-corrected chi connectivity index (χ1v) is 6.99. The highest BCUT2D eigenvalue weighted by Crippen LogP contribution is 2.07. The van der Waals surface area contributed by atoms with Crippen LogP contribution in [0, 0.1) is 0 Å². The zero-order valence-corrected chi connectivity index (χ0v) is 9.89. The molecule has 0 saturated heterocycles. The molecule has 0 heterocycles. The van der Waals surface area contributed by atoms with E-state index in [4.69, 9.17) is 8.85 Å². The van der Waals surface area contributed by atoms with Gasteiger partial charge in [-0.05, 0) is 34.5 Å². The molecule has 0 fully saturated rings. The van der Waals surface area contributed by atoms with Crippen LogP contribution >= 0.6 is 0 Å². The van der Waals surface area contributed by atoms with Crippen LogP contribution in [0.25, 0.3) is 0 Å². The van der Waals surface area contributed by atoms with E-state index in [1.54, 1.807) is 0 Å². The van der Waals surface area contributed by atoms with E-state index in [-0.39, 0.29) is 0 Å². The van der Waals surface area contributed by atoms with Gasteiger partial charge in [-0.25, -0.2) is 0 Å². The summed E-state index contributed by atoms with van der Waals surface area (Å²) >= 11 is 0. The highest BCUT2D eigenvalue weighted by molar-refractivity contribution is 6.66. The summed E-state index contributed by atoms with van der Waals surface area (Å²) in [6, 6.07) is 0. The van der Waals surface area contributed by atoms with Crippen LogP contribution in [0.4, 0.5) is 0 Å². The fraction of sp³-hybridized carbons (Fsp3) is 1.00. The van der Waals surface area contributed by atoms with E-state index in [9.17, 15) is 0 Å². The zero-order chi connectivity index (χ0) is 9.61. The quantitative estimate of drug-likeness (QED) is 0.590.